The fourth-order valence-electron chi connectivity index (χ4n) is 2.15. The van der Waals surface area contributed by atoms with Crippen LogP contribution < -0.4 is 10.6 Å². The number of hydrogen-bond acceptors (Lipinski definition) is 5. The monoisotopic (exact) mass is 276 g/mol. The summed E-state index contributed by atoms with van der Waals surface area (Å²) in [5.41, 5.74) is 0.394. The first-order valence-corrected chi connectivity index (χ1v) is 6.35. The van der Waals surface area contributed by atoms with Crippen molar-refractivity contribution in [3.8, 4) is 0 Å². The van der Waals surface area contributed by atoms with E-state index in [1.165, 1.54) is 11.1 Å². The van der Waals surface area contributed by atoms with Gasteiger partial charge in [0.05, 0.1) is 0 Å². The summed E-state index contributed by atoms with van der Waals surface area (Å²) >= 11 is 0. The molecule has 0 aliphatic carbocycles. The summed E-state index contributed by atoms with van der Waals surface area (Å²) in [5, 5.41) is 5.08. The second-order valence-corrected chi connectivity index (χ2v) is 4.45. The van der Waals surface area contributed by atoms with Gasteiger partial charge in [-0.2, -0.15) is 0 Å². The molecule has 0 radical (unpaired) electrons. The maximum absolute atomic E-state index is 12.5. The zero-order valence-electron chi connectivity index (χ0n) is 11.3. The topological polar surface area (TPSA) is 91.4 Å². The maximum atomic E-state index is 12.5. The van der Waals surface area contributed by atoms with Crippen molar-refractivity contribution in [2.45, 2.75) is 19.4 Å². The van der Waals surface area contributed by atoms with E-state index < -0.39 is 17.9 Å². The zero-order valence-corrected chi connectivity index (χ0v) is 11.3. The molecule has 1 aliphatic heterocycles. The molecule has 1 saturated heterocycles. The highest BCUT2D eigenvalue weighted by molar-refractivity contribution is 6.07. The molecular weight excluding hydrogens is 260 g/mol. The number of imide groups is 1. The standard InChI is InChI=1S/C13H16N4O3/c1-3-9-12(19)16-11(18)7-17(9)13(20)8-4-5-15-10(6-8)14-2/h4-6,9H,3,7H2,1-2H3,(H,14,15)(H,16,18,19). The van der Waals surface area contributed by atoms with E-state index in [0.29, 0.717) is 17.8 Å². The highest BCUT2D eigenvalue weighted by Gasteiger charge is 2.35. The average Bonchev–Trinajstić information content (AvgIpc) is 2.45. The van der Waals surface area contributed by atoms with E-state index in [1.54, 1.807) is 26.1 Å². The minimum absolute atomic E-state index is 0.111. The molecule has 1 aromatic heterocycles. The van der Waals surface area contributed by atoms with Crippen molar-refractivity contribution in [1.82, 2.24) is 15.2 Å². The number of pyridine rings is 1. The van der Waals surface area contributed by atoms with Crippen molar-refractivity contribution in [3.63, 3.8) is 0 Å². The summed E-state index contributed by atoms with van der Waals surface area (Å²) < 4.78 is 0. The van der Waals surface area contributed by atoms with Gasteiger partial charge in [0.2, 0.25) is 11.8 Å². The quantitative estimate of drug-likeness (QED) is 0.758. The van der Waals surface area contributed by atoms with Gasteiger partial charge in [-0.25, -0.2) is 4.98 Å². The van der Waals surface area contributed by atoms with Gasteiger partial charge < -0.3 is 10.2 Å². The summed E-state index contributed by atoms with van der Waals surface area (Å²) in [6.45, 7) is 1.69. The maximum Gasteiger partial charge on any atom is 0.255 e. The third kappa shape index (κ3) is 2.61. The van der Waals surface area contributed by atoms with Crippen molar-refractivity contribution < 1.29 is 14.4 Å². The summed E-state index contributed by atoms with van der Waals surface area (Å²) in [6, 6.07) is 2.53. The molecule has 2 N–H and O–H groups in total. The van der Waals surface area contributed by atoms with Crippen molar-refractivity contribution in [1.29, 1.82) is 0 Å². The second-order valence-electron chi connectivity index (χ2n) is 4.45. The Kier molecular flexibility index (Phi) is 3.97. The molecule has 1 fully saturated rings. The number of aromatic nitrogens is 1. The first-order valence-electron chi connectivity index (χ1n) is 6.35. The van der Waals surface area contributed by atoms with Gasteiger partial charge in [0, 0.05) is 18.8 Å². The normalized spacial score (nSPS) is 18.7. The number of carbonyl (C=O) groups is 3. The van der Waals surface area contributed by atoms with E-state index in [-0.39, 0.29) is 12.5 Å². The van der Waals surface area contributed by atoms with Gasteiger partial charge in [0.1, 0.15) is 18.4 Å². The van der Waals surface area contributed by atoms with Crippen LogP contribution >= 0.6 is 0 Å². The molecule has 1 aromatic rings. The van der Waals surface area contributed by atoms with Crippen molar-refractivity contribution in [2.24, 2.45) is 0 Å². The van der Waals surface area contributed by atoms with E-state index >= 15 is 0 Å². The predicted molar refractivity (Wildman–Crippen MR) is 72.0 cm³/mol. The van der Waals surface area contributed by atoms with Crippen LogP contribution in [0.25, 0.3) is 0 Å². The number of nitrogens with one attached hydrogen (secondary N) is 2. The first-order chi connectivity index (χ1) is 9.56. The van der Waals surface area contributed by atoms with Crippen LogP contribution in [-0.4, -0.2) is 47.2 Å². The minimum Gasteiger partial charge on any atom is -0.373 e. The Bertz CT molecular complexity index is 558. The Morgan fingerprint density at radius 1 is 1.55 bits per heavy atom. The SMILES string of the molecule is CCC1C(=O)NC(=O)CN1C(=O)c1ccnc(NC)c1. The summed E-state index contributed by atoms with van der Waals surface area (Å²) in [5.74, 6) is -0.688. The molecule has 7 heteroatoms. The van der Waals surface area contributed by atoms with Crippen LogP contribution in [0.1, 0.15) is 23.7 Å². The lowest BCUT2D eigenvalue weighted by Gasteiger charge is -2.33. The van der Waals surface area contributed by atoms with Crippen LogP contribution in [0.4, 0.5) is 5.82 Å². The number of nitrogens with zero attached hydrogens (tertiary/aromatic N) is 2. The molecule has 3 amide bonds. The molecule has 20 heavy (non-hydrogen) atoms. The average molecular weight is 276 g/mol. The molecule has 1 atom stereocenters. The largest absolute Gasteiger partial charge is 0.373 e. The minimum atomic E-state index is -0.619. The molecule has 1 unspecified atom stereocenters. The molecule has 7 nitrogen and oxygen atoms in total. The number of rotatable bonds is 3. The van der Waals surface area contributed by atoms with Crippen LogP contribution in [0.5, 0.6) is 0 Å². The van der Waals surface area contributed by atoms with Crippen LogP contribution in [0, 0.1) is 0 Å². The number of carbonyl (C=O) groups excluding carboxylic acids is 3. The molecule has 0 saturated carbocycles. The van der Waals surface area contributed by atoms with Gasteiger partial charge in [-0.05, 0) is 18.6 Å². The van der Waals surface area contributed by atoms with Gasteiger partial charge in [0.25, 0.3) is 5.91 Å². The van der Waals surface area contributed by atoms with Crippen molar-refractivity contribution in [2.75, 3.05) is 18.9 Å². The van der Waals surface area contributed by atoms with Crippen molar-refractivity contribution in [3.05, 3.63) is 23.9 Å². The fourth-order valence-corrected chi connectivity index (χ4v) is 2.15. The van der Waals surface area contributed by atoms with E-state index in [0.717, 1.165) is 0 Å². The van der Waals surface area contributed by atoms with Gasteiger partial charge in [-0.1, -0.05) is 6.92 Å². The number of anilines is 1. The van der Waals surface area contributed by atoms with E-state index in [9.17, 15) is 14.4 Å². The third-order valence-electron chi connectivity index (χ3n) is 3.17. The Balaban J connectivity index is 2.29. The Labute approximate surface area is 116 Å². The lowest BCUT2D eigenvalue weighted by molar-refractivity contribution is -0.138. The highest BCUT2D eigenvalue weighted by Crippen LogP contribution is 2.15. The van der Waals surface area contributed by atoms with E-state index in [1.807, 2.05) is 0 Å². The van der Waals surface area contributed by atoms with E-state index in [2.05, 4.69) is 15.6 Å². The Morgan fingerprint density at radius 3 is 2.95 bits per heavy atom. The molecular formula is C13H16N4O3. The zero-order chi connectivity index (χ0) is 14.7. The smallest absolute Gasteiger partial charge is 0.255 e. The molecule has 0 aromatic carbocycles. The van der Waals surface area contributed by atoms with Crippen LogP contribution in [0.3, 0.4) is 0 Å². The first kappa shape index (κ1) is 14.0. The summed E-state index contributed by atoms with van der Waals surface area (Å²) in [7, 11) is 1.70. The predicted octanol–water partition coefficient (Wildman–Crippen LogP) is 0.000500. The molecule has 0 spiro atoms. The molecule has 2 rings (SSSR count). The highest BCUT2D eigenvalue weighted by atomic mass is 16.2. The molecule has 106 valence electrons. The van der Waals surface area contributed by atoms with Crippen LogP contribution in [0.15, 0.2) is 18.3 Å². The molecule has 0 bridgehead atoms. The third-order valence-corrected chi connectivity index (χ3v) is 3.17. The Hall–Kier alpha value is -2.44. The summed E-state index contributed by atoms with van der Waals surface area (Å²) in [6.07, 6.45) is 1.96. The number of amides is 3. The molecule has 1 aliphatic rings. The lowest BCUT2D eigenvalue weighted by Crippen LogP contribution is -2.59. The number of hydrogen-bond donors (Lipinski definition) is 2. The number of piperazine rings is 1. The van der Waals surface area contributed by atoms with Crippen LogP contribution in [-0.2, 0) is 9.59 Å². The van der Waals surface area contributed by atoms with Gasteiger partial charge in [-0.3, -0.25) is 19.7 Å². The Morgan fingerprint density at radius 2 is 2.30 bits per heavy atom. The van der Waals surface area contributed by atoms with Gasteiger partial charge in [-0.15, -0.1) is 0 Å². The fraction of sp³-hybridized carbons (Fsp3) is 0.385. The van der Waals surface area contributed by atoms with Crippen LogP contribution in [0.2, 0.25) is 0 Å². The van der Waals surface area contributed by atoms with Crippen molar-refractivity contribution >= 4 is 23.5 Å². The second kappa shape index (κ2) is 5.68. The molecule has 2 heterocycles. The van der Waals surface area contributed by atoms with E-state index in [4.69, 9.17) is 0 Å². The van der Waals surface area contributed by atoms with Gasteiger partial charge >= 0.3 is 0 Å². The van der Waals surface area contributed by atoms with Gasteiger partial charge in [0.15, 0.2) is 0 Å². The summed E-state index contributed by atoms with van der Waals surface area (Å²) in [4.78, 5) is 41.0. The lowest BCUT2D eigenvalue weighted by atomic mass is 10.1.